The van der Waals surface area contributed by atoms with Crippen molar-refractivity contribution in [2.24, 2.45) is 0 Å². The molecule has 1 aromatic carbocycles. The van der Waals surface area contributed by atoms with Crippen LogP contribution < -0.4 is 5.32 Å². The van der Waals surface area contributed by atoms with Crippen molar-refractivity contribution in [3.8, 4) is 0 Å². The van der Waals surface area contributed by atoms with E-state index in [1.54, 1.807) is 4.68 Å². The Labute approximate surface area is 146 Å². The molecule has 1 unspecified atom stereocenters. The first-order valence-electron chi connectivity index (χ1n) is 8.59. The lowest BCUT2D eigenvalue weighted by Crippen LogP contribution is -2.16. The molecule has 6 heteroatoms. The molecule has 0 bridgehead atoms. The summed E-state index contributed by atoms with van der Waals surface area (Å²) in [5.41, 5.74) is 4.82. The van der Waals surface area contributed by atoms with Crippen molar-refractivity contribution in [2.45, 2.75) is 52.0 Å². The Morgan fingerprint density at radius 1 is 1.32 bits per heavy atom. The molecule has 1 aromatic heterocycles. The molecule has 0 radical (unpaired) electrons. The highest BCUT2D eigenvalue weighted by atomic mass is 16.4. The first kappa shape index (κ1) is 17.2. The van der Waals surface area contributed by atoms with E-state index in [1.807, 2.05) is 26.0 Å². The van der Waals surface area contributed by atoms with Gasteiger partial charge in [0.1, 0.15) is 0 Å². The molecule has 25 heavy (non-hydrogen) atoms. The molecule has 0 aliphatic heterocycles. The first-order chi connectivity index (χ1) is 12.0. The number of carbonyl (C=O) groups is 2. The van der Waals surface area contributed by atoms with Crippen LogP contribution >= 0.6 is 0 Å². The summed E-state index contributed by atoms with van der Waals surface area (Å²) in [6.07, 6.45) is 2.49. The van der Waals surface area contributed by atoms with Gasteiger partial charge in [0.25, 0.3) is 0 Å². The summed E-state index contributed by atoms with van der Waals surface area (Å²) in [7, 11) is 0. The molecule has 3 rings (SSSR count). The van der Waals surface area contributed by atoms with E-state index < -0.39 is 5.97 Å². The van der Waals surface area contributed by atoms with Crippen LogP contribution in [-0.4, -0.2) is 26.8 Å². The number of nitrogens with zero attached hydrogens (tertiary/aromatic N) is 2. The summed E-state index contributed by atoms with van der Waals surface area (Å²) < 4.78 is 1.64. The van der Waals surface area contributed by atoms with E-state index in [0.717, 1.165) is 18.5 Å². The van der Waals surface area contributed by atoms with Gasteiger partial charge in [0.15, 0.2) is 0 Å². The number of rotatable bonds is 6. The molecule has 0 saturated heterocycles. The second-order valence-corrected chi connectivity index (χ2v) is 6.60. The average molecular weight is 341 g/mol. The summed E-state index contributed by atoms with van der Waals surface area (Å²) >= 11 is 0. The Morgan fingerprint density at radius 3 is 2.84 bits per heavy atom. The number of hydrogen-bond donors (Lipinski definition) is 2. The van der Waals surface area contributed by atoms with Gasteiger partial charge in [-0.1, -0.05) is 24.3 Å². The van der Waals surface area contributed by atoms with Gasteiger partial charge in [-0.25, -0.2) is 0 Å². The van der Waals surface area contributed by atoms with E-state index in [1.165, 1.54) is 11.1 Å². The minimum absolute atomic E-state index is 0.00814. The van der Waals surface area contributed by atoms with E-state index in [0.29, 0.717) is 24.3 Å². The number of fused-ring (bicyclic) bond motifs is 1. The fraction of sp³-hybridized carbons (Fsp3) is 0.421. The van der Waals surface area contributed by atoms with Crippen LogP contribution in [0.5, 0.6) is 0 Å². The Morgan fingerprint density at radius 2 is 2.08 bits per heavy atom. The van der Waals surface area contributed by atoms with Crippen molar-refractivity contribution in [1.29, 1.82) is 0 Å². The SMILES string of the molecule is Cc1nn(CCC(=O)O)c(C)c1NC(=O)CC1CCc2ccccc21. The largest absolute Gasteiger partial charge is 0.481 e. The molecule has 6 nitrogen and oxygen atoms in total. The lowest BCUT2D eigenvalue weighted by Gasteiger charge is -2.12. The highest BCUT2D eigenvalue weighted by molar-refractivity contribution is 5.92. The van der Waals surface area contributed by atoms with Gasteiger partial charge in [0, 0.05) is 6.42 Å². The summed E-state index contributed by atoms with van der Waals surface area (Å²) in [5.74, 6) is -0.623. The number of aryl methyl sites for hydroxylation is 3. The first-order valence-corrected chi connectivity index (χ1v) is 8.59. The molecule has 1 aliphatic rings. The van der Waals surface area contributed by atoms with Crippen molar-refractivity contribution >= 4 is 17.6 Å². The van der Waals surface area contributed by atoms with Crippen molar-refractivity contribution in [3.63, 3.8) is 0 Å². The summed E-state index contributed by atoms with van der Waals surface area (Å²) in [6.45, 7) is 3.97. The maximum atomic E-state index is 12.5. The average Bonchev–Trinajstić information content (AvgIpc) is 3.09. The number of carboxylic acid groups (broad SMARTS) is 1. The van der Waals surface area contributed by atoms with Gasteiger partial charge in [0.05, 0.1) is 30.0 Å². The molecular formula is C19H23N3O3. The van der Waals surface area contributed by atoms with Crippen LogP contribution in [0.3, 0.4) is 0 Å². The van der Waals surface area contributed by atoms with Gasteiger partial charge in [-0.05, 0) is 43.7 Å². The lowest BCUT2D eigenvalue weighted by atomic mass is 9.97. The lowest BCUT2D eigenvalue weighted by molar-refractivity contribution is -0.137. The number of carboxylic acids is 1. The van der Waals surface area contributed by atoms with Crippen LogP contribution in [0.4, 0.5) is 5.69 Å². The molecule has 0 fully saturated rings. The van der Waals surface area contributed by atoms with Crippen molar-refractivity contribution < 1.29 is 14.7 Å². The number of benzene rings is 1. The highest BCUT2D eigenvalue weighted by Crippen LogP contribution is 2.35. The third-order valence-electron chi connectivity index (χ3n) is 4.87. The Bertz CT molecular complexity index is 810. The fourth-order valence-corrected chi connectivity index (χ4v) is 3.57. The van der Waals surface area contributed by atoms with Crippen LogP contribution in [0.25, 0.3) is 0 Å². The molecule has 132 valence electrons. The molecule has 1 atom stereocenters. The van der Waals surface area contributed by atoms with Gasteiger partial charge in [-0.3, -0.25) is 14.3 Å². The van der Waals surface area contributed by atoms with E-state index in [9.17, 15) is 9.59 Å². The zero-order chi connectivity index (χ0) is 18.0. The third-order valence-corrected chi connectivity index (χ3v) is 4.87. The minimum atomic E-state index is -0.863. The monoisotopic (exact) mass is 341 g/mol. The Hall–Kier alpha value is -2.63. The Kier molecular flexibility index (Phi) is 4.88. The number of hydrogen-bond acceptors (Lipinski definition) is 3. The predicted octanol–water partition coefficient (Wildman–Crippen LogP) is 3.03. The molecule has 1 amide bonds. The number of aliphatic carboxylic acids is 1. The van der Waals surface area contributed by atoms with E-state index in [2.05, 4.69) is 22.5 Å². The van der Waals surface area contributed by atoms with Crippen LogP contribution in [0, 0.1) is 13.8 Å². The van der Waals surface area contributed by atoms with Gasteiger partial charge in [-0.15, -0.1) is 0 Å². The van der Waals surface area contributed by atoms with Crippen LogP contribution in [0.15, 0.2) is 24.3 Å². The van der Waals surface area contributed by atoms with Gasteiger partial charge in [0.2, 0.25) is 5.91 Å². The number of amides is 1. The number of nitrogens with one attached hydrogen (secondary N) is 1. The standard InChI is InChI=1S/C19H23N3O3/c1-12-19(13(2)22(21-12)10-9-18(24)25)20-17(23)11-15-8-7-14-5-3-4-6-16(14)15/h3-6,15H,7-11H2,1-2H3,(H,20,23)(H,24,25). The highest BCUT2D eigenvalue weighted by Gasteiger charge is 2.25. The van der Waals surface area contributed by atoms with Gasteiger partial charge in [-0.2, -0.15) is 5.10 Å². The number of carbonyl (C=O) groups excluding carboxylic acids is 1. The molecule has 1 heterocycles. The van der Waals surface area contributed by atoms with Gasteiger partial charge < -0.3 is 10.4 Å². The Balaban J connectivity index is 1.67. The zero-order valence-corrected chi connectivity index (χ0v) is 14.6. The maximum Gasteiger partial charge on any atom is 0.305 e. The fourth-order valence-electron chi connectivity index (χ4n) is 3.57. The summed E-state index contributed by atoms with van der Waals surface area (Å²) in [6, 6.07) is 8.31. The number of aromatic nitrogens is 2. The molecule has 0 spiro atoms. The minimum Gasteiger partial charge on any atom is -0.481 e. The van der Waals surface area contributed by atoms with E-state index >= 15 is 0 Å². The summed E-state index contributed by atoms with van der Waals surface area (Å²) in [5, 5.41) is 16.1. The van der Waals surface area contributed by atoms with Crippen molar-refractivity contribution in [1.82, 2.24) is 9.78 Å². The van der Waals surface area contributed by atoms with Crippen molar-refractivity contribution in [2.75, 3.05) is 5.32 Å². The molecule has 2 aromatic rings. The van der Waals surface area contributed by atoms with Crippen molar-refractivity contribution in [3.05, 3.63) is 46.8 Å². The molecule has 2 N–H and O–H groups in total. The quantitative estimate of drug-likeness (QED) is 0.846. The second-order valence-electron chi connectivity index (χ2n) is 6.60. The smallest absolute Gasteiger partial charge is 0.305 e. The van der Waals surface area contributed by atoms with Gasteiger partial charge >= 0.3 is 5.97 Å². The molecule has 0 saturated carbocycles. The topological polar surface area (TPSA) is 84.2 Å². The zero-order valence-electron chi connectivity index (χ0n) is 14.6. The van der Waals surface area contributed by atoms with Crippen LogP contribution in [-0.2, 0) is 22.6 Å². The van der Waals surface area contributed by atoms with Crippen LogP contribution in [0.2, 0.25) is 0 Å². The molecular weight excluding hydrogens is 318 g/mol. The maximum absolute atomic E-state index is 12.5. The van der Waals surface area contributed by atoms with E-state index in [-0.39, 0.29) is 18.2 Å². The predicted molar refractivity (Wildman–Crippen MR) is 94.7 cm³/mol. The third kappa shape index (κ3) is 3.73. The normalized spacial score (nSPS) is 15.8. The number of anilines is 1. The van der Waals surface area contributed by atoms with Crippen LogP contribution in [0.1, 0.15) is 47.7 Å². The van der Waals surface area contributed by atoms with E-state index in [4.69, 9.17) is 5.11 Å². The molecule has 1 aliphatic carbocycles. The summed E-state index contributed by atoms with van der Waals surface area (Å²) in [4.78, 5) is 23.3. The second kappa shape index (κ2) is 7.09.